The summed E-state index contributed by atoms with van der Waals surface area (Å²) in [7, 11) is -2.36. The number of aromatic nitrogens is 3. The quantitative estimate of drug-likeness (QED) is 0.420. The molecule has 9 heteroatoms. The number of hydrogen-bond donors (Lipinski definition) is 1. The van der Waals surface area contributed by atoms with E-state index in [1.54, 1.807) is 35.3 Å². The van der Waals surface area contributed by atoms with Crippen molar-refractivity contribution in [1.29, 1.82) is 0 Å². The molecular formula is C25H25N5O3S. The van der Waals surface area contributed by atoms with E-state index in [9.17, 15) is 13.2 Å². The van der Waals surface area contributed by atoms with Crippen molar-refractivity contribution in [3.63, 3.8) is 0 Å². The topological polar surface area (TPSA) is 97.2 Å². The predicted molar refractivity (Wildman–Crippen MR) is 130 cm³/mol. The van der Waals surface area contributed by atoms with Gasteiger partial charge in [-0.15, -0.1) is 0 Å². The van der Waals surface area contributed by atoms with Crippen molar-refractivity contribution < 1.29 is 13.2 Å². The smallest absolute Gasteiger partial charge is 0.264 e. The molecule has 8 nitrogen and oxygen atoms in total. The lowest BCUT2D eigenvalue weighted by Gasteiger charge is -2.21. The highest BCUT2D eigenvalue weighted by Crippen LogP contribution is 2.23. The third kappa shape index (κ3) is 5.15. The molecule has 4 aromatic rings. The Bertz CT molecular complexity index is 1360. The molecule has 4 rings (SSSR count). The molecule has 0 fully saturated rings. The predicted octanol–water partition coefficient (Wildman–Crippen LogP) is 3.58. The molecule has 1 unspecified atom stereocenters. The first-order valence-electron chi connectivity index (χ1n) is 10.7. The molecule has 0 aliphatic rings. The normalized spacial score (nSPS) is 12.2. The number of nitrogens with zero attached hydrogens (tertiary/aromatic N) is 4. The average Bonchev–Trinajstić information content (AvgIpc) is 3.37. The summed E-state index contributed by atoms with van der Waals surface area (Å²) in [6.07, 6.45) is 3.01. The number of sulfonamides is 1. The van der Waals surface area contributed by atoms with E-state index >= 15 is 0 Å². The van der Waals surface area contributed by atoms with E-state index in [1.165, 1.54) is 29.8 Å². The minimum absolute atomic E-state index is 0.0377. The Kier molecular flexibility index (Phi) is 6.74. The molecule has 1 atom stereocenters. The highest BCUT2D eigenvalue weighted by atomic mass is 32.2. The van der Waals surface area contributed by atoms with Crippen LogP contribution in [0.25, 0.3) is 0 Å². The molecule has 0 saturated heterocycles. The fourth-order valence-electron chi connectivity index (χ4n) is 3.52. The maximum absolute atomic E-state index is 13.2. The van der Waals surface area contributed by atoms with Gasteiger partial charge in [-0.05, 0) is 42.8 Å². The minimum atomic E-state index is -3.85. The molecule has 0 radical (unpaired) electrons. The third-order valence-electron chi connectivity index (χ3n) is 5.50. The van der Waals surface area contributed by atoms with Gasteiger partial charge in [-0.3, -0.25) is 13.8 Å². The van der Waals surface area contributed by atoms with E-state index in [0.29, 0.717) is 12.2 Å². The first kappa shape index (κ1) is 23.2. The van der Waals surface area contributed by atoms with Crippen LogP contribution >= 0.6 is 0 Å². The van der Waals surface area contributed by atoms with Crippen molar-refractivity contribution in [3.8, 4) is 0 Å². The molecule has 0 bridgehead atoms. The van der Waals surface area contributed by atoms with Crippen molar-refractivity contribution in [3.05, 3.63) is 108 Å². The van der Waals surface area contributed by atoms with Crippen LogP contribution in [-0.2, 0) is 16.6 Å². The summed E-state index contributed by atoms with van der Waals surface area (Å²) < 4.78 is 29.3. The highest BCUT2D eigenvalue weighted by Gasteiger charge is 2.23. The molecule has 1 amide bonds. The Morgan fingerprint density at radius 3 is 2.44 bits per heavy atom. The minimum Gasteiger partial charge on any atom is -0.343 e. The van der Waals surface area contributed by atoms with E-state index in [4.69, 9.17) is 0 Å². The Hall–Kier alpha value is -3.98. The molecule has 174 valence electrons. The second-order valence-corrected chi connectivity index (χ2v) is 9.86. The molecule has 3 aromatic carbocycles. The van der Waals surface area contributed by atoms with Gasteiger partial charge >= 0.3 is 0 Å². The summed E-state index contributed by atoms with van der Waals surface area (Å²) >= 11 is 0. The van der Waals surface area contributed by atoms with Gasteiger partial charge in [0.15, 0.2) is 0 Å². The second-order valence-electron chi connectivity index (χ2n) is 7.89. The van der Waals surface area contributed by atoms with Gasteiger partial charge in [0, 0.05) is 12.6 Å². The zero-order valence-electron chi connectivity index (χ0n) is 18.9. The van der Waals surface area contributed by atoms with Gasteiger partial charge in [0.05, 0.1) is 23.2 Å². The SMILES string of the molecule is Cc1ccc(N(C)S(=O)(=O)c2cccc(C(=O)NC(Cn3cncn3)c3ccccc3)c2)cc1. The number of carbonyl (C=O) groups is 1. The summed E-state index contributed by atoms with van der Waals surface area (Å²) in [6, 6.07) is 22.4. The number of benzene rings is 3. The lowest BCUT2D eigenvalue weighted by Crippen LogP contribution is -2.32. The van der Waals surface area contributed by atoms with Crippen LogP contribution in [0.4, 0.5) is 5.69 Å². The maximum atomic E-state index is 13.2. The molecule has 34 heavy (non-hydrogen) atoms. The molecule has 0 saturated carbocycles. The summed E-state index contributed by atoms with van der Waals surface area (Å²) in [4.78, 5) is 17.1. The number of hydrogen-bond acceptors (Lipinski definition) is 5. The number of nitrogens with one attached hydrogen (secondary N) is 1. The van der Waals surface area contributed by atoms with Crippen LogP contribution in [0.15, 0.2) is 96.4 Å². The van der Waals surface area contributed by atoms with Crippen LogP contribution < -0.4 is 9.62 Å². The van der Waals surface area contributed by atoms with Gasteiger partial charge in [0.1, 0.15) is 12.7 Å². The lowest BCUT2D eigenvalue weighted by molar-refractivity contribution is 0.0931. The number of carbonyl (C=O) groups excluding carboxylic acids is 1. The van der Waals surface area contributed by atoms with Gasteiger partial charge < -0.3 is 5.32 Å². The number of rotatable bonds is 8. The molecular weight excluding hydrogens is 450 g/mol. The van der Waals surface area contributed by atoms with Crippen molar-refractivity contribution in [2.45, 2.75) is 24.4 Å². The molecule has 1 aromatic heterocycles. The van der Waals surface area contributed by atoms with Gasteiger partial charge in [-0.2, -0.15) is 5.10 Å². The average molecular weight is 476 g/mol. The highest BCUT2D eigenvalue weighted by molar-refractivity contribution is 7.92. The molecule has 1 heterocycles. The van der Waals surface area contributed by atoms with Crippen LogP contribution in [0.2, 0.25) is 0 Å². The molecule has 1 N–H and O–H groups in total. The number of anilines is 1. The largest absolute Gasteiger partial charge is 0.343 e. The fourth-order valence-corrected chi connectivity index (χ4v) is 4.77. The first-order valence-corrected chi connectivity index (χ1v) is 12.1. The Morgan fingerprint density at radius 1 is 1.03 bits per heavy atom. The first-order chi connectivity index (χ1) is 16.3. The van der Waals surface area contributed by atoms with E-state index in [1.807, 2.05) is 49.4 Å². The van der Waals surface area contributed by atoms with Gasteiger partial charge in [-0.25, -0.2) is 13.4 Å². The van der Waals surface area contributed by atoms with Gasteiger partial charge in [0.25, 0.3) is 15.9 Å². The standard InChI is InChI=1S/C25H25N5O3S/c1-19-11-13-22(14-12-19)29(2)34(32,33)23-10-6-9-21(15-23)25(31)28-24(16-30-18-26-17-27-30)20-7-4-3-5-8-20/h3-15,17-18,24H,16H2,1-2H3,(H,28,31). The van der Waals surface area contributed by atoms with Gasteiger partial charge in [0.2, 0.25) is 0 Å². The summed E-state index contributed by atoms with van der Waals surface area (Å²) in [5, 5.41) is 7.13. The number of amides is 1. The van der Waals surface area contributed by atoms with E-state index in [2.05, 4.69) is 15.4 Å². The van der Waals surface area contributed by atoms with Crippen molar-refractivity contribution in [2.75, 3.05) is 11.4 Å². The van der Waals surface area contributed by atoms with Crippen LogP contribution in [0, 0.1) is 6.92 Å². The van der Waals surface area contributed by atoms with Crippen molar-refractivity contribution in [2.24, 2.45) is 0 Å². The summed E-state index contributed by atoms with van der Waals surface area (Å²) in [6.45, 7) is 2.32. The molecule has 0 aliphatic carbocycles. The Balaban J connectivity index is 1.58. The van der Waals surface area contributed by atoms with E-state index in [0.717, 1.165) is 11.1 Å². The van der Waals surface area contributed by atoms with E-state index < -0.39 is 10.0 Å². The zero-order chi connectivity index (χ0) is 24.1. The monoisotopic (exact) mass is 475 g/mol. The second kappa shape index (κ2) is 9.88. The van der Waals surface area contributed by atoms with Crippen LogP contribution in [0.3, 0.4) is 0 Å². The zero-order valence-corrected chi connectivity index (χ0v) is 19.7. The van der Waals surface area contributed by atoms with Crippen LogP contribution in [-0.4, -0.2) is 36.1 Å². The van der Waals surface area contributed by atoms with Crippen LogP contribution in [0.1, 0.15) is 27.5 Å². The van der Waals surface area contributed by atoms with Gasteiger partial charge in [-0.1, -0.05) is 54.1 Å². The lowest BCUT2D eigenvalue weighted by atomic mass is 10.1. The Labute approximate surface area is 198 Å². The Morgan fingerprint density at radius 2 is 1.76 bits per heavy atom. The van der Waals surface area contributed by atoms with E-state index in [-0.39, 0.29) is 22.4 Å². The van der Waals surface area contributed by atoms with Crippen molar-refractivity contribution in [1.82, 2.24) is 20.1 Å². The molecule has 0 spiro atoms. The summed E-state index contributed by atoms with van der Waals surface area (Å²) in [5.41, 5.74) is 2.72. The van der Waals surface area contributed by atoms with Crippen LogP contribution in [0.5, 0.6) is 0 Å². The number of aryl methyl sites for hydroxylation is 1. The molecule has 0 aliphatic heterocycles. The third-order valence-corrected chi connectivity index (χ3v) is 7.28. The fraction of sp³-hybridized carbons (Fsp3) is 0.160. The maximum Gasteiger partial charge on any atom is 0.264 e. The summed E-state index contributed by atoms with van der Waals surface area (Å²) in [5.74, 6) is -0.385. The van der Waals surface area contributed by atoms with Crippen molar-refractivity contribution >= 4 is 21.6 Å².